The van der Waals surface area contributed by atoms with Crippen molar-refractivity contribution in [2.75, 3.05) is 13.1 Å². The van der Waals surface area contributed by atoms with Crippen molar-refractivity contribution in [2.24, 2.45) is 0 Å². The Labute approximate surface area is 136 Å². The summed E-state index contributed by atoms with van der Waals surface area (Å²) >= 11 is 0. The molecule has 5 heteroatoms. The molecule has 23 heavy (non-hydrogen) atoms. The highest BCUT2D eigenvalue weighted by Gasteiger charge is 2.31. The number of carbonyl (C=O) groups excluding carboxylic acids is 1. The monoisotopic (exact) mass is 315 g/mol. The lowest BCUT2D eigenvalue weighted by Gasteiger charge is -2.22. The molecule has 1 aliphatic carbocycles. The molecule has 0 saturated heterocycles. The summed E-state index contributed by atoms with van der Waals surface area (Å²) in [5.41, 5.74) is 2.82. The lowest BCUT2D eigenvalue weighted by molar-refractivity contribution is 0.0501. The molecule has 0 atom stereocenters. The van der Waals surface area contributed by atoms with Gasteiger partial charge in [-0.15, -0.1) is 0 Å². The molecule has 124 valence electrons. The van der Waals surface area contributed by atoms with Crippen LogP contribution < -0.4 is 10.6 Å². The molecule has 0 aliphatic heterocycles. The average Bonchev–Trinajstić information content (AvgIpc) is 3.10. The maximum atomic E-state index is 11.9. The SMILES string of the molecule is Cc1[nH]c2ccccc2c1CCNC(=O)NCC1(O)CCCC1. The Morgan fingerprint density at radius 3 is 2.78 bits per heavy atom. The Kier molecular flexibility index (Phi) is 4.57. The standard InChI is InChI=1S/C18H25N3O2/c1-13-14(15-6-2-3-7-16(15)21-13)8-11-19-17(22)20-12-18(23)9-4-5-10-18/h2-3,6-7,21,23H,4-5,8-12H2,1H3,(H2,19,20,22). The average molecular weight is 315 g/mol. The van der Waals surface area contributed by atoms with E-state index in [2.05, 4.69) is 34.7 Å². The van der Waals surface area contributed by atoms with Gasteiger partial charge in [-0.05, 0) is 37.8 Å². The minimum absolute atomic E-state index is 0.206. The highest BCUT2D eigenvalue weighted by Crippen LogP contribution is 2.28. The first kappa shape index (κ1) is 15.9. The number of aryl methyl sites for hydroxylation is 1. The van der Waals surface area contributed by atoms with Gasteiger partial charge in [0.1, 0.15) is 0 Å². The van der Waals surface area contributed by atoms with E-state index in [9.17, 15) is 9.90 Å². The molecule has 0 radical (unpaired) electrons. The number of hydrogen-bond acceptors (Lipinski definition) is 2. The van der Waals surface area contributed by atoms with Crippen LogP contribution in [0.4, 0.5) is 4.79 Å². The van der Waals surface area contributed by atoms with Gasteiger partial charge in [-0.1, -0.05) is 31.0 Å². The fourth-order valence-corrected chi connectivity index (χ4v) is 3.48. The first-order valence-corrected chi connectivity index (χ1v) is 8.38. The summed E-state index contributed by atoms with van der Waals surface area (Å²) in [7, 11) is 0. The second kappa shape index (κ2) is 6.62. The number of carbonyl (C=O) groups is 1. The van der Waals surface area contributed by atoms with Crippen molar-refractivity contribution in [3.8, 4) is 0 Å². The highest BCUT2D eigenvalue weighted by molar-refractivity contribution is 5.84. The van der Waals surface area contributed by atoms with E-state index in [1.54, 1.807) is 0 Å². The zero-order valence-electron chi connectivity index (χ0n) is 13.6. The normalized spacial score (nSPS) is 16.6. The maximum Gasteiger partial charge on any atom is 0.314 e. The number of benzene rings is 1. The topological polar surface area (TPSA) is 77.2 Å². The van der Waals surface area contributed by atoms with E-state index in [1.165, 1.54) is 10.9 Å². The molecule has 1 aromatic carbocycles. The van der Waals surface area contributed by atoms with Gasteiger partial charge < -0.3 is 20.7 Å². The Morgan fingerprint density at radius 2 is 2.00 bits per heavy atom. The zero-order valence-corrected chi connectivity index (χ0v) is 13.6. The van der Waals surface area contributed by atoms with Crippen LogP contribution in [0.25, 0.3) is 10.9 Å². The Hall–Kier alpha value is -2.01. The lowest BCUT2D eigenvalue weighted by Crippen LogP contribution is -2.45. The largest absolute Gasteiger partial charge is 0.388 e. The Bertz CT molecular complexity index is 687. The molecule has 4 N–H and O–H groups in total. The van der Waals surface area contributed by atoms with E-state index in [4.69, 9.17) is 0 Å². The van der Waals surface area contributed by atoms with Gasteiger partial charge in [0, 0.05) is 29.7 Å². The van der Waals surface area contributed by atoms with Crippen LogP contribution in [0.3, 0.4) is 0 Å². The number of H-pyrrole nitrogens is 1. The van der Waals surface area contributed by atoms with Crippen molar-refractivity contribution in [1.29, 1.82) is 0 Å². The van der Waals surface area contributed by atoms with Crippen molar-refractivity contribution >= 4 is 16.9 Å². The van der Waals surface area contributed by atoms with E-state index in [0.29, 0.717) is 13.1 Å². The molecule has 5 nitrogen and oxygen atoms in total. The van der Waals surface area contributed by atoms with Crippen LogP contribution in [0, 0.1) is 6.92 Å². The Morgan fingerprint density at radius 1 is 1.26 bits per heavy atom. The third kappa shape index (κ3) is 3.67. The molecular weight excluding hydrogens is 290 g/mol. The van der Waals surface area contributed by atoms with Crippen molar-refractivity contribution in [2.45, 2.75) is 44.6 Å². The number of aliphatic hydroxyl groups is 1. The molecule has 2 amide bonds. The van der Waals surface area contributed by atoms with Crippen LogP contribution in [0.5, 0.6) is 0 Å². The Balaban J connectivity index is 1.48. The minimum atomic E-state index is -0.704. The summed E-state index contributed by atoms with van der Waals surface area (Å²) in [6.45, 7) is 2.98. The number of aromatic amines is 1. The summed E-state index contributed by atoms with van der Waals surface area (Å²) in [5, 5.41) is 17.1. The second-order valence-electron chi connectivity index (χ2n) is 6.57. The van der Waals surface area contributed by atoms with E-state index >= 15 is 0 Å². The third-order valence-electron chi connectivity index (χ3n) is 4.80. The molecule has 2 aromatic rings. The first-order chi connectivity index (χ1) is 11.1. The van der Waals surface area contributed by atoms with Crippen LogP contribution >= 0.6 is 0 Å². The number of amides is 2. The molecule has 1 saturated carbocycles. The van der Waals surface area contributed by atoms with E-state index in [0.717, 1.165) is 43.3 Å². The van der Waals surface area contributed by atoms with Gasteiger partial charge in [0.25, 0.3) is 0 Å². The number of fused-ring (bicyclic) bond motifs is 1. The molecular formula is C18H25N3O2. The molecule has 0 spiro atoms. The number of rotatable bonds is 5. The zero-order chi connectivity index (χ0) is 16.3. The number of nitrogens with one attached hydrogen (secondary N) is 3. The molecule has 0 bridgehead atoms. The van der Waals surface area contributed by atoms with Crippen molar-refractivity contribution in [1.82, 2.24) is 15.6 Å². The first-order valence-electron chi connectivity index (χ1n) is 8.38. The second-order valence-corrected chi connectivity index (χ2v) is 6.57. The van der Waals surface area contributed by atoms with Gasteiger partial charge in [-0.25, -0.2) is 4.79 Å². The van der Waals surface area contributed by atoms with Crippen molar-refractivity contribution < 1.29 is 9.90 Å². The lowest BCUT2D eigenvalue weighted by atomic mass is 10.0. The quantitative estimate of drug-likeness (QED) is 0.684. The maximum absolute atomic E-state index is 11.9. The van der Waals surface area contributed by atoms with Gasteiger partial charge >= 0.3 is 6.03 Å². The fourth-order valence-electron chi connectivity index (χ4n) is 3.48. The minimum Gasteiger partial charge on any atom is -0.388 e. The molecule has 1 aliphatic rings. The number of aromatic nitrogens is 1. The number of urea groups is 1. The number of para-hydroxylation sites is 1. The summed E-state index contributed by atoms with van der Waals surface area (Å²) in [4.78, 5) is 15.2. The van der Waals surface area contributed by atoms with Crippen LogP contribution in [-0.4, -0.2) is 34.8 Å². The smallest absolute Gasteiger partial charge is 0.314 e. The summed E-state index contributed by atoms with van der Waals surface area (Å²) in [6.07, 6.45) is 4.43. The summed E-state index contributed by atoms with van der Waals surface area (Å²) in [5.74, 6) is 0. The van der Waals surface area contributed by atoms with Crippen LogP contribution in [0.1, 0.15) is 36.9 Å². The fraction of sp³-hybridized carbons (Fsp3) is 0.500. The highest BCUT2D eigenvalue weighted by atomic mass is 16.3. The van der Waals surface area contributed by atoms with E-state index in [-0.39, 0.29) is 6.03 Å². The summed E-state index contributed by atoms with van der Waals surface area (Å²) < 4.78 is 0. The predicted molar refractivity (Wildman–Crippen MR) is 91.6 cm³/mol. The molecule has 1 heterocycles. The van der Waals surface area contributed by atoms with Crippen LogP contribution in [0.2, 0.25) is 0 Å². The molecule has 0 unspecified atom stereocenters. The van der Waals surface area contributed by atoms with E-state index in [1.807, 2.05) is 12.1 Å². The van der Waals surface area contributed by atoms with Crippen molar-refractivity contribution in [3.63, 3.8) is 0 Å². The molecule has 1 fully saturated rings. The summed E-state index contributed by atoms with van der Waals surface area (Å²) in [6, 6.07) is 8.00. The third-order valence-corrected chi connectivity index (χ3v) is 4.80. The number of hydrogen-bond donors (Lipinski definition) is 4. The van der Waals surface area contributed by atoms with Crippen LogP contribution in [-0.2, 0) is 6.42 Å². The molecule has 1 aromatic heterocycles. The van der Waals surface area contributed by atoms with Gasteiger partial charge in [0.05, 0.1) is 5.60 Å². The molecule has 3 rings (SSSR count). The van der Waals surface area contributed by atoms with Gasteiger partial charge in [0.2, 0.25) is 0 Å². The van der Waals surface area contributed by atoms with Gasteiger partial charge in [0.15, 0.2) is 0 Å². The van der Waals surface area contributed by atoms with Crippen LogP contribution in [0.15, 0.2) is 24.3 Å². The van der Waals surface area contributed by atoms with Gasteiger partial charge in [-0.2, -0.15) is 0 Å². The van der Waals surface area contributed by atoms with Crippen molar-refractivity contribution in [3.05, 3.63) is 35.5 Å². The van der Waals surface area contributed by atoms with Gasteiger partial charge in [-0.3, -0.25) is 0 Å². The predicted octanol–water partition coefficient (Wildman–Crippen LogP) is 2.62. The van der Waals surface area contributed by atoms with E-state index < -0.39 is 5.60 Å².